The van der Waals surface area contributed by atoms with Gasteiger partial charge in [-0.2, -0.15) is 5.10 Å². The average molecular weight is 794 g/mol. The maximum absolute atomic E-state index is 14.2. The van der Waals surface area contributed by atoms with Crippen LogP contribution in [-0.2, 0) is 16.1 Å². The van der Waals surface area contributed by atoms with Gasteiger partial charge in [0.25, 0.3) is 5.91 Å². The molecule has 17 heteroatoms. The third kappa shape index (κ3) is 7.89. The number of pyridine rings is 1. The van der Waals surface area contributed by atoms with Crippen LogP contribution in [0.15, 0.2) is 53.8 Å². The Bertz CT molecular complexity index is 2250. The van der Waals surface area contributed by atoms with Gasteiger partial charge in [0.1, 0.15) is 18.0 Å². The quantitative estimate of drug-likeness (QED) is 0.0903. The Kier molecular flexibility index (Phi) is 10.6. The van der Waals surface area contributed by atoms with Crippen LogP contribution in [0.4, 0.5) is 26.7 Å². The van der Waals surface area contributed by atoms with E-state index in [4.69, 9.17) is 20.9 Å². The molecule has 0 saturated carbocycles. The highest BCUT2D eigenvalue weighted by atomic mass is 32.1. The molecule has 2 aromatic heterocycles. The largest absolute Gasteiger partial charge is 0.482 e. The van der Waals surface area contributed by atoms with Gasteiger partial charge in [-0.05, 0) is 68.3 Å². The number of halogens is 1. The highest BCUT2D eigenvalue weighted by Gasteiger charge is 2.40. The SMILES string of the molecule is Cc1nc(N2CCN(CC3CN(c4ccc5c(c4)CN(C4CCC(=O)NC4=O)C5=O)C3)CC2)sc1-c1cnc(N)c(OC(C)c2cc(F)ccc2N/N=C\C=N)c1. The van der Waals surface area contributed by atoms with Crippen LogP contribution in [0.1, 0.15) is 53.0 Å². The Labute approximate surface area is 333 Å². The van der Waals surface area contributed by atoms with Gasteiger partial charge in [-0.3, -0.25) is 30.0 Å². The monoisotopic (exact) mass is 793 g/mol. The fourth-order valence-electron chi connectivity index (χ4n) is 7.97. The van der Waals surface area contributed by atoms with Crippen LogP contribution in [0, 0.1) is 24.1 Å². The second-order valence-electron chi connectivity index (χ2n) is 14.9. The number of nitrogen functional groups attached to an aromatic ring is 1. The van der Waals surface area contributed by atoms with Gasteiger partial charge in [-0.15, -0.1) is 0 Å². The summed E-state index contributed by atoms with van der Waals surface area (Å²) in [7, 11) is 0. The second-order valence-corrected chi connectivity index (χ2v) is 15.8. The lowest BCUT2D eigenvalue weighted by molar-refractivity contribution is -0.136. The second kappa shape index (κ2) is 15.9. The van der Waals surface area contributed by atoms with Crippen molar-refractivity contribution in [2.24, 2.45) is 11.0 Å². The molecule has 3 fully saturated rings. The van der Waals surface area contributed by atoms with E-state index in [1.807, 2.05) is 25.1 Å². The van der Waals surface area contributed by atoms with Gasteiger partial charge in [-0.1, -0.05) is 11.3 Å². The fourth-order valence-corrected chi connectivity index (χ4v) is 9.07. The summed E-state index contributed by atoms with van der Waals surface area (Å²) in [6, 6.07) is 11.5. The molecule has 2 aromatic carbocycles. The minimum atomic E-state index is -0.612. The molecule has 0 radical (unpaired) electrons. The minimum Gasteiger partial charge on any atom is -0.482 e. The number of hydrogen-bond acceptors (Lipinski definition) is 14. The number of thiazole rings is 1. The van der Waals surface area contributed by atoms with Crippen molar-refractivity contribution >= 4 is 63.8 Å². The van der Waals surface area contributed by atoms with Gasteiger partial charge in [-0.25, -0.2) is 14.4 Å². The number of nitrogens with zero attached hydrogens (tertiary/aromatic N) is 7. The van der Waals surface area contributed by atoms with Crippen molar-refractivity contribution in [2.45, 2.75) is 45.4 Å². The van der Waals surface area contributed by atoms with Crippen molar-refractivity contribution in [1.82, 2.24) is 25.1 Å². The zero-order valence-corrected chi connectivity index (χ0v) is 32.5. The lowest BCUT2D eigenvalue weighted by atomic mass is 9.97. The molecule has 4 aliphatic heterocycles. The Hall–Kier alpha value is -5.94. The number of anilines is 4. The van der Waals surface area contributed by atoms with Gasteiger partial charge in [0.05, 0.1) is 22.5 Å². The minimum absolute atomic E-state index is 0.151. The fraction of sp³-hybridized carbons (Fsp3) is 0.375. The third-order valence-corrected chi connectivity index (χ3v) is 12.3. The molecule has 2 atom stereocenters. The number of rotatable bonds is 12. The molecule has 0 aliphatic carbocycles. The van der Waals surface area contributed by atoms with Crippen LogP contribution in [0.25, 0.3) is 10.4 Å². The summed E-state index contributed by atoms with van der Waals surface area (Å²) in [6.07, 6.45) is 4.04. The first-order valence-electron chi connectivity index (χ1n) is 19.0. The van der Waals surface area contributed by atoms with Crippen LogP contribution in [0.3, 0.4) is 0 Å². The number of benzene rings is 2. The van der Waals surface area contributed by atoms with E-state index in [9.17, 15) is 18.8 Å². The topological polar surface area (TPSA) is 185 Å². The van der Waals surface area contributed by atoms with Crippen LogP contribution < -0.4 is 31.0 Å². The van der Waals surface area contributed by atoms with Crippen LogP contribution in [-0.4, -0.2) is 102 Å². The van der Waals surface area contributed by atoms with Crippen molar-refractivity contribution in [3.05, 3.63) is 76.9 Å². The summed E-state index contributed by atoms with van der Waals surface area (Å²) in [5.41, 5.74) is 14.5. The van der Waals surface area contributed by atoms with E-state index in [1.165, 1.54) is 18.3 Å². The van der Waals surface area contributed by atoms with Crippen molar-refractivity contribution in [1.29, 1.82) is 5.41 Å². The standard InChI is InChI=1S/C40H44FN11O4S/c1-23-36(26-16-34(37(43)44-18-26)56-24(2)31-17-28(41)3-6-32(31)48-45-10-9-42)57-40(46-23)50-13-11-49(12-14-50)19-25-20-51(21-25)29-4-5-30-27(15-29)22-52(39(30)55)33-7-8-35(53)47-38(33)54/h3-6,9-10,15-18,24-25,33,42,48H,7-8,11-14,19-22H2,1-2H3,(H2,43,44)(H,47,53,54)/b42-9?,45-10-. The number of aromatic nitrogens is 2. The normalized spacial score (nSPS) is 19.5. The summed E-state index contributed by atoms with van der Waals surface area (Å²) in [5, 5.41) is 14.4. The maximum Gasteiger partial charge on any atom is 0.255 e. The zero-order valence-electron chi connectivity index (χ0n) is 31.7. The van der Waals surface area contributed by atoms with E-state index in [0.717, 1.165) is 84.5 Å². The summed E-state index contributed by atoms with van der Waals surface area (Å²) in [5.74, 6) is -0.117. The number of piperidine rings is 1. The van der Waals surface area contributed by atoms with Crippen LogP contribution in [0.2, 0.25) is 0 Å². The van der Waals surface area contributed by atoms with E-state index >= 15 is 0 Å². The Morgan fingerprint density at radius 1 is 1.12 bits per heavy atom. The summed E-state index contributed by atoms with van der Waals surface area (Å²) < 4.78 is 20.5. The number of hydrazone groups is 1. The molecule has 0 bridgehead atoms. The van der Waals surface area contributed by atoms with Crippen LogP contribution in [0.5, 0.6) is 5.75 Å². The molecule has 5 N–H and O–H groups in total. The van der Waals surface area contributed by atoms with Crippen LogP contribution >= 0.6 is 11.3 Å². The number of nitrogens with one attached hydrogen (secondary N) is 3. The summed E-state index contributed by atoms with van der Waals surface area (Å²) in [4.78, 5) is 56.3. The van der Waals surface area contributed by atoms with Gasteiger partial charge in [0.15, 0.2) is 16.7 Å². The predicted molar refractivity (Wildman–Crippen MR) is 218 cm³/mol. The molecule has 3 amide bonds. The molecule has 8 rings (SSSR count). The lowest BCUT2D eigenvalue weighted by Gasteiger charge is -2.45. The maximum atomic E-state index is 14.2. The van der Waals surface area contributed by atoms with Gasteiger partial charge in [0.2, 0.25) is 11.8 Å². The number of carbonyl (C=O) groups is 3. The number of hydrogen-bond donors (Lipinski definition) is 4. The molecular formula is C40H44FN11O4S. The molecule has 15 nitrogen and oxygen atoms in total. The number of amides is 3. The van der Waals surface area contributed by atoms with E-state index in [2.05, 4.69) is 41.6 Å². The number of piperazine rings is 1. The van der Waals surface area contributed by atoms with Gasteiger partial charge >= 0.3 is 0 Å². The number of ether oxygens (including phenoxy) is 1. The zero-order chi connectivity index (χ0) is 39.8. The molecule has 6 heterocycles. The Morgan fingerprint density at radius 2 is 1.93 bits per heavy atom. The molecule has 3 saturated heterocycles. The highest BCUT2D eigenvalue weighted by molar-refractivity contribution is 7.19. The Balaban J connectivity index is 0.840. The first-order chi connectivity index (χ1) is 27.5. The molecule has 2 unspecified atom stereocenters. The van der Waals surface area contributed by atoms with Crippen molar-refractivity contribution in [3.8, 4) is 16.2 Å². The first kappa shape index (κ1) is 38.0. The number of aryl methyl sites for hydroxylation is 1. The molecule has 296 valence electrons. The van der Waals surface area contributed by atoms with Gasteiger partial charge in [0, 0.05) is 99.5 Å². The first-order valence-corrected chi connectivity index (χ1v) is 19.8. The van der Waals surface area contributed by atoms with Gasteiger partial charge < -0.3 is 30.6 Å². The predicted octanol–water partition coefficient (Wildman–Crippen LogP) is 4.44. The van der Waals surface area contributed by atoms with E-state index in [0.29, 0.717) is 41.4 Å². The smallest absolute Gasteiger partial charge is 0.255 e. The van der Waals surface area contributed by atoms with E-state index < -0.39 is 23.9 Å². The number of carbonyl (C=O) groups excluding carboxylic acids is 3. The average Bonchev–Trinajstić information content (AvgIpc) is 3.73. The summed E-state index contributed by atoms with van der Waals surface area (Å²) >= 11 is 1.61. The molecule has 57 heavy (non-hydrogen) atoms. The van der Waals surface area contributed by atoms with Crippen molar-refractivity contribution < 1.29 is 23.5 Å². The lowest BCUT2D eigenvalue weighted by Crippen LogP contribution is -2.55. The van der Waals surface area contributed by atoms with E-state index in [1.54, 1.807) is 35.4 Å². The molecule has 4 aromatic rings. The number of nitrogens with two attached hydrogens (primary N) is 1. The molecule has 0 spiro atoms. The number of imide groups is 1. The van der Waals surface area contributed by atoms with E-state index in [-0.39, 0.29) is 24.1 Å². The summed E-state index contributed by atoms with van der Waals surface area (Å²) in [6.45, 7) is 10.7. The van der Waals surface area contributed by atoms with Crippen molar-refractivity contribution in [2.75, 3.05) is 66.8 Å². The Morgan fingerprint density at radius 3 is 2.70 bits per heavy atom. The highest BCUT2D eigenvalue weighted by Crippen LogP contribution is 2.39. The van der Waals surface area contributed by atoms with Crippen molar-refractivity contribution in [3.63, 3.8) is 0 Å². The molecule has 4 aliphatic rings. The number of fused-ring (bicyclic) bond motifs is 1. The molecular weight excluding hydrogens is 750 g/mol. The third-order valence-electron chi connectivity index (χ3n) is 11.0.